The Balaban J connectivity index is 3.58. The Labute approximate surface area is 114 Å². The van der Waals surface area contributed by atoms with E-state index in [0.29, 0.717) is 0 Å². The molecule has 0 heterocycles. The average molecular weight is 246 g/mol. The monoisotopic (exact) mass is 246 g/mol. The fraction of sp³-hybridized carbons (Fsp3) is 0.556. The van der Waals surface area contributed by atoms with Crippen LogP contribution in [-0.2, 0) is 0 Å². The highest BCUT2D eigenvalue weighted by Gasteiger charge is 1.89. The van der Waals surface area contributed by atoms with E-state index in [-0.39, 0.29) is 0 Å². The molecular formula is C18H30. The van der Waals surface area contributed by atoms with Gasteiger partial charge in [-0.1, -0.05) is 74.8 Å². The van der Waals surface area contributed by atoms with Crippen molar-refractivity contribution in [2.75, 3.05) is 0 Å². The van der Waals surface area contributed by atoms with Gasteiger partial charge in [0.15, 0.2) is 0 Å². The van der Waals surface area contributed by atoms with Crippen LogP contribution in [0.1, 0.15) is 65.2 Å². The minimum absolute atomic E-state index is 1.03. The number of allylic oxidation sites excluding steroid dienone is 6. The van der Waals surface area contributed by atoms with Gasteiger partial charge in [0.1, 0.15) is 0 Å². The Morgan fingerprint density at radius 3 is 2.50 bits per heavy atom. The first-order valence-corrected chi connectivity index (χ1v) is 7.31. The van der Waals surface area contributed by atoms with Crippen molar-refractivity contribution in [3.63, 3.8) is 0 Å². The first-order chi connectivity index (χ1) is 8.70. The van der Waals surface area contributed by atoms with Gasteiger partial charge in [0.05, 0.1) is 0 Å². The van der Waals surface area contributed by atoms with Crippen LogP contribution >= 0.6 is 0 Å². The zero-order chi connectivity index (χ0) is 13.6. The second-order valence-corrected chi connectivity index (χ2v) is 4.98. The molecule has 0 fully saturated rings. The number of hydrogen-bond acceptors (Lipinski definition) is 0. The van der Waals surface area contributed by atoms with Crippen LogP contribution in [0.15, 0.2) is 48.6 Å². The van der Waals surface area contributed by atoms with Crippen LogP contribution in [0.5, 0.6) is 0 Å². The van der Waals surface area contributed by atoms with E-state index in [0.717, 1.165) is 24.8 Å². The Kier molecular flexibility index (Phi) is 11.7. The van der Waals surface area contributed by atoms with E-state index in [1.54, 1.807) is 0 Å². The van der Waals surface area contributed by atoms with Gasteiger partial charge >= 0.3 is 0 Å². The van der Waals surface area contributed by atoms with Crippen molar-refractivity contribution in [3.05, 3.63) is 48.6 Å². The van der Waals surface area contributed by atoms with E-state index in [4.69, 9.17) is 0 Å². The summed E-state index contributed by atoms with van der Waals surface area (Å²) in [6.45, 7) is 12.1. The summed E-state index contributed by atoms with van der Waals surface area (Å²) < 4.78 is 0. The molecule has 102 valence electrons. The van der Waals surface area contributed by atoms with Gasteiger partial charge in [0, 0.05) is 0 Å². The molecule has 0 saturated carbocycles. The van der Waals surface area contributed by atoms with E-state index in [1.807, 2.05) is 6.08 Å². The topological polar surface area (TPSA) is 0 Å². The third-order valence-electron chi connectivity index (χ3n) is 3.08. The lowest BCUT2D eigenvalue weighted by Crippen LogP contribution is -1.78. The van der Waals surface area contributed by atoms with Crippen molar-refractivity contribution in [2.24, 2.45) is 0 Å². The van der Waals surface area contributed by atoms with Gasteiger partial charge in [-0.25, -0.2) is 0 Å². The van der Waals surface area contributed by atoms with Gasteiger partial charge in [-0.3, -0.25) is 0 Å². The second-order valence-electron chi connectivity index (χ2n) is 4.98. The fourth-order valence-electron chi connectivity index (χ4n) is 1.77. The summed E-state index contributed by atoms with van der Waals surface area (Å²) in [6.07, 6.45) is 18.6. The number of rotatable bonds is 11. The predicted molar refractivity (Wildman–Crippen MR) is 84.8 cm³/mol. The van der Waals surface area contributed by atoms with Crippen molar-refractivity contribution in [3.8, 4) is 0 Å². The lowest BCUT2D eigenvalue weighted by Gasteiger charge is -1.98. The van der Waals surface area contributed by atoms with E-state index in [1.165, 1.54) is 37.7 Å². The van der Waals surface area contributed by atoms with Crippen molar-refractivity contribution in [1.29, 1.82) is 0 Å². The molecule has 18 heavy (non-hydrogen) atoms. The summed E-state index contributed by atoms with van der Waals surface area (Å²) in [7, 11) is 0. The maximum atomic E-state index is 3.92. The van der Waals surface area contributed by atoms with Gasteiger partial charge in [0.25, 0.3) is 0 Å². The van der Waals surface area contributed by atoms with Crippen molar-refractivity contribution in [1.82, 2.24) is 0 Å². The maximum Gasteiger partial charge on any atom is -0.0142 e. The van der Waals surface area contributed by atoms with Crippen molar-refractivity contribution >= 4 is 0 Å². The highest BCUT2D eigenvalue weighted by Crippen LogP contribution is 2.09. The quantitative estimate of drug-likeness (QED) is 0.226. The molecule has 0 amide bonds. The van der Waals surface area contributed by atoms with E-state index in [9.17, 15) is 0 Å². The van der Waals surface area contributed by atoms with Crippen LogP contribution in [0.3, 0.4) is 0 Å². The van der Waals surface area contributed by atoms with Gasteiger partial charge in [-0.15, -0.1) is 0 Å². The van der Waals surface area contributed by atoms with Gasteiger partial charge in [-0.05, 0) is 39.0 Å². The lowest BCUT2D eigenvalue weighted by atomic mass is 10.1. The molecule has 0 nitrogen and oxygen atoms in total. The summed E-state index contributed by atoms with van der Waals surface area (Å²) in [6, 6.07) is 0. The molecule has 0 aliphatic heterocycles. The molecular weight excluding hydrogens is 216 g/mol. The molecule has 0 bridgehead atoms. The normalized spacial score (nSPS) is 12.0. The first kappa shape index (κ1) is 17.0. The summed E-state index contributed by atoms with van der Waals surface area (Å²) in [5.74, 6) is 0. The molecule has 0 aromatic rings. The molecule has 0 heteroatoms. The van der Waals surface area contributed by atoms with E-state index < -0.39 is 0 Å². The third-order valence-corrected chi connectivity index (χ3v) is 3.08. The van der Waals surface area contributed by atoms with Crippen LogP contribution in [0.25, 0.3) is 0 Å². The van der Waals surface area contributed by atoms with Gasteiger partial charge in [-0.2, -0.15) is 0 Å². The molecule has 0 N–H and O–H groups in total. The molecule has 0 spiro atoms. The summed E-state index contributed by atoms with van der Waals surface area (Å²) in [4.78, 5) is 0. The Morgan fingerprint density at radius 1 is 1.06 bits per heavy atom. The van der Waals surface area contributed by atoms with Crippen LogP contribution < -0.4 is 0 Å². The maximum absolute atomic E-state index is 3.92. The fourth-order valence-corrected chi connectivity index (χ4v) is 1.77. The molecule has 0 saturated heterocycles. The third kappa shape index (κ3) is 11.4. The Bertz CT molecular complexity index is 278. The molecule has 0 aromatic heterocycles. The SMILES string of the molecule is C=CC(=C)CCC=C(C)CC=CCCCCCC. The molecule has 0 atom stereocenters. The van der Waals surface area contributed by atoms with Gasteiger partial charge in [0.2, 0.25) is 0 Å². The average Bonchev–Trinajstić information content (AvgIpc) is 2.37. The second kappa shape index (κ2) is 12.4. The standard InChI is InChI=1S/C18H30/c1-5-7-8-9-10-11-12-14-18(4)16-13-15-17(3)6-2/h6,11-12,16H,2-3,5,7-10,13-15H2,1,4H3. The molecule has 0 aliphatic rings. The van der Waals surface area contributed by atoms with Crippen LogP contribution in [0.4, 0.5) is 0 Å². The predicted octanol–water partition coefficient (Wildman–Crippen LogP) is 6.37. The highest BCUT2D eigenvalue weighted by molar-refractivity contribution is 5.13. The van der Waals surface area contributed by atoms with E-state index in [2.05, 4.69) is 45.2 Å². The minimum atomic E-state index is 1.03. The summed E-state index contributed by atoms with van der Waals surface area (Å²) in [5, 5.41) is 0. The number of unbranched alkanes of at least 4 members (excludes halogenated alkanes) is 4. The van der Waals surface area contributed by atoms with Crippen LogP contribution in [-0.4, -0.2) is 0 Å². The minimum Gasteiger partial charge on any atom is -0.0988 e. The molecule has 0 radical (unpaired) electrons. The van der Waals surface area contributed by atoms with Crippen LogP contribution in [0, 0.1) is 0 Å². The zero-order valence-corrected chi connectivity index (χ0v) is 12.4. The zero-order valence-electron chi connectivity index (χ0n) is 12.4. The van der Waals surface area contributed by atoms with Crippen LogP contribution in [0.2, 0.25) is 0 Å². The first-order valence-electron chi connectivity index (χ1n) is 7.31. The van der Waals surface area contributed by atoms with Gasteiger partial charge < -0.3 is 0 Å². The molecule has 0 unspecified atom stereocenters. The van der Waals surface area contributed by atoms with E-state index >= 15 is 0 Å². The molecule has 0 aliphatic carbocycles. The lowest BCUT2D eigenvalue weighted by molar-refractivity contribution is 0.674. The van der Waals surface area contributed by atoms with Crippen molar-refractivity contribution in [2.45, 2.75) is 65.2 Å². The molecule has 0 aromatic carbocycles. The highest BCUT2D eigenvalue weighted by atomic mass is 14.0. The summed E-state index contributed by atoms with van der Waals surface area (Å²) >= 11 is 0. The number of hydrogen-bond donors (Lipinski definition) is 0. The Morgan fingerprint density at radius 2 is 1.83 bits per heavy atom. The Hall–Kier alpha value is -1.04. The van der Waals surface area contributed by atoms with Crippen molar-refractivity contribution < 1.29 is 0 Å². The molecule has 0 rings (SSSR count). The largest absolute Gasteiger partial charge is 0.0988 e. The summed E-state index contributed by atoms with van der Waals surface area (Å²) in [5.41, 5.74) is 2.59. The smallest absolute Gasteiger partial charge is 0.0142 e.